The maximum Gasteiger partial charge on any atom is 0.211 e. The zero-order valence-electron chi connectivity index (χ0n) is 8.27. The quantitative estimate of drug-likeness (QED) is 0.489. The van der Waals surface area contributed by atoms with Gasteiger partial charge in [0.25, 0.3) is 0 Å². The van der Waals surface area contributed by atoms with Crippen molar-refractivity contribution < 1.29 is 17.6 Å². The van der Waals surface area contributed by atoms with E-state index in [1.165, 1.54) is 0 Å². The maximum absolute atomic E-state index is 13.1. The zero-order chi connectivity index (χ0) is 10.8. The molecule has 0 saturated carbocycles. The van der Waals surface area contributed by atoms with Crippen LogP contribution >= 0.6 is 7.26 Å². The number of rotatable bonds is 4. The Kier molecular flexibility index (Phi) is 4.64. The minimum absolute atomic E-state index is 1.04. The van der Waals surface area contributed by atoms with Crippen LogP contribution in [-0.2, 0) is 0 Å². The van der Waals surface area contributed by atoms with Crippen LogP contribution in [0.2, 0.25) is 0 Å². The summed E-state index contributed by atoms with van der Waals surface area (Å²) in [4.78, 5) is 0. The highest BCUT2D eigenvalue weighted by molar-refractivity contribution is 7.77. The molecule has 4 unspecified atom stereocenters. The lowest BCUT2D eigenvalue weighted by Crippen LogP contribution is -2.27. The van der Waals surface area contributed by atoms with Crippen LogP contribution in [0.15, 0.2) is 0 Å². The van der Waals surface area contributed by atoms with Crippen molar-refractivity contribution >= 4 is 7.26 Å². The first kappa shape index (κ1) is 13.2. The Balaban J connectivity index is 5.06. The van der Waals surface area contributed by atoms with Crippen LogP contribution in [0, 0.1) is 0 Å². The second-order valence-corrected chi connectivity index (χ2v) is 7.83. The van der Waals surface area contributed by atoms with Gasteiger partial charge < -0.3 is 0 Å². The van der Waals surface area contributed by atoms with Gasteiger partial charge in [0.2, 0.25) is 23.7 Å². The molecule has 0 heterocycles. The van der Waals surface area contributed by atoms with Crippen molar-refractivity contribution in [1.82, 2.24) is 0 Å². The minimum Gasteiger partial charge on any atom is -0.203 e. The van der Waals surface area contributed by atoms with Gasteiger partial charge in [0.1, 0.15) is 0 Å². The van der Waals surface area contributed by atoms with Crippen molar-refractivity contribution in [2.24, 2.45) is 0 Å². The zero-order valence-corrected chi connectivity index (χ0v) is 9.16. The van der Waals surface area contributed by atoms with Gasteiger partial charge in [-0.05, 0) is 0 Å². The van der Waals surface area contributed by atoms with Gasteiger partial charge >= 0.3 is 0 Å². The third kappa shape index (κ3) is 2.15. The van der Waals surface area contributed by atoms with E-state index in [0.29, 0.717) is 0 Å². The highest BCUT2D eigenvalue weighted by atomic mass is 31.2. The van der Waals surface area contributed by atoms with Crippen LogP contribution in [-0.4, -0.2) is 23.7 Å². The van der Waals surface area contributed by atoms with Crippen molar-refractivity contribution in [3.63, 3.8) is 0 Å². The van der Waals surface area contributed by atoms with Crippen molar-refractivity contribution in [3.05, 3.63) is 0 Å². The number of hydrogen-bond donors (Lipinski definition) is 0. The Morgan fingerprint density at radius 3 is 0.769 bits per heavy atom. The van der Waals surface area contributed by atoms with Crippen LogP contribution in [0.4, 0.5) is 17.6 Å². The molecule has 0 rings (SSSR count). The molecule has 0 fully saturated rings. The Morgan fingerprint density at radius 2 is 0.769 bits per heavy atom. The molecule has 0 aromatic rings. The lowest BCUT2D eigenvalue weighted by Gasteiger charge is -2.31. The molecule has 4 atom stereocenters. The highest BCUT2D eigenvalue weighted by Crippen LogP contribution is 2.75. The summed E-state index contributed by atoms with van der Waals surface area (Å²) in [5.41, 5.74) is 0. The van der Waals surface area contributed by atoms with E-state index in [0.717, 1.165) is 27.7 Å². The van der Waals surface area contributed by atoms with Gasteiger partial charge in [-0.25, -0.2) is 17.6 Å². The number of hydrogen-bond acceptors (Lipinski definition) is 0. The third-order valence-corrected chi connectivity index (χ3v) is 7.39. The fourth-order valence-corrected chi connectivity index (χ4v) is 5.09. The molecule has 0 nitrogen and oxygen atoms in total. The SMILES string of the molecule is CC(F)[P+](C(C)F)(C(C)F)C(C)F. The second kappa shape index (κ2) is 4.59. The van der Waals surface area contributed by atoms with Crippen LogP contribution in [0.1, 0.15) is 27.7 Å². The molecule has 80 valence electrons. The van der Waals surface area contributed by atoms with Crippen LogP contribution in [0.5, 0.6) is 0 Å². The molecule has 0 aromatic heterocycles. The Morgan fingerprint density at radius 1 is 0.615 bits per heavy atom. The smallest absolute Gasteiger partial charge is 0.203 e. The third-order valence-electron chi connectivity index (χ3n) is 2.46. The van der Waals surface area contributed by atoms with Gasteiger partial charge in [0.05, 0.1) is 0 Å². The van der Waals surface area contributed by atoms with Crippen molar-refractivity contribution in [2.45, 2.75) is 51.3 Å². The Hall–Kier alpha value is 0.150. The molecule has 13 heavy (non-hydrogen) atoms. The summed E-state index contributed by atoms with van der Waals surface area (Å²) in [6.07, 6.45) is 0. The van der Waals surface area contributed by atoms with Crippen LogP contribution in [0.25, 0.3) is 0 Å². The summed E-state index contributed by atoms with van der Waals surface area (Å²) >= 11 is 0. The molecular formula is C8H16F4P+. The monoisotopic (exact) mass is 219 g/mol. The summed E-state index contributed by atoms with van der Waals surface area (Å²) in [5, 5.41) is 0. The highest BCUT2D eigenvalue weighted by Gasteiger charge is 2.60. The normalized spacial score (nSPS) is 25.8. The molecule has 0 aliphatic heterocycles. The van der Waals surface area contributed by atoms with Gasteiger partial charge in [-0.3, -0.25) is 0 Å². The first-order valence-electron chi connectivity index (χ1n) is 4.22. The lowest BCUT2D eigenvalue weighted by atomic mass is 10.8. The fraction of sp³-hybridized carbons (Fsp3) is 1.00. The minimum atomic E-state index is -3.45. The van der Waals surface area contributed by atoms with Gasteiger partial charge in [-0.1, -0.05) is 0 Å². The van der Waals surface area contributed by atoms with E-state index in [1.54, 1.807) is 0 Å². The van der Waals surface area contributed by atoms with E-state index in [1.807, 2.05) is 0 Å². The van der Waals surface area contributed by atoms with Crippen LogP contribution in [0.3, 0.4) is 0 Å². The lowest BCUT2D eigenvalue weighted by molar-refractivity contribution is 0.348. The molecule has 0 aliphatic rings. The van der Waals surface area contributed by atoms with Crippen molar-refractivity contribution in [3.8, 4) is 0 Å². The first-order valence-corrected chi connectivity index (χ1v) is 6.28. The van der Waals surface area contributed by atoms with Gasteiger partial charge in [0.15, 0.2) is 7.26 Å². The average Bonchev–Trinajstić information content (AvgIpc) is 1.82. The van der Waals surface area contributed by atoms with Gasteiger partial charge in [-0.2, -0.15) is 0 Å². The summed E-state index contributed by atoms with van der Waals surface area (Å²) in [6, 6.07) is 0. The molecule has 0 saturated heterocycles. The molecular weight excluding hydrogens is 203 g/mol. The van der Waals surface area contributed by atoms with E-state index in [-0.39, 0.29) is 0 Å². The Labute approximate surface area is 77.0 Å². The predicted molar refractivity (Wildman–Crippen MR) is 49.2 cm³/mol. The average molecular weight is 219 g/mol. The topological polar surface area (TPSA) is 0 Å². The standard InChI is InChI=1S/C8H16F4P/c1-5(9)13(6(2)10,7(3)11)8(4)12/h5-8H,1-4H3/q+1. The van der Waals surface area contributed by atoms with Crippen LogP contribution < -0.4 is 0 Å². The molecule has 0 spiro atoms. The molecule has 5 heteroatoms. The van der Waals surface area contributed by atoms with Crippen molar-refractivity contribution in [1.29, 1.82) is 0 Å². The van der Waals surface area contributed by atoms with E-state index in [2.05, 4.69) is 0 Å². The van der Waals surface area contributed by atoms with Gasteiger partial charge in [0, 0.05) is 27.7 Å². The van der Waals surface area contributed by atoms with Crippen molar-refractivity contribution in [2.75, 3.05) is 0 Å². The molecule has 0 amide bonds. The van der Waals surface area contributed by atoms with Gasteiger partial charge in [-0.15, -0.1) is 0 Å². The molecule has 0 aliphatic carbocycles. The van der Waals surface area contributed by atoms with E-state index in [4.69, 9.17) is 0 Å². The first-order chi connectivity index (χ1) is 5.77. The van der Waals surface area contributed by atoms with E-state index >= 15 is 0 Å². The summed E-state index contributed by atoms with van der Waals surface area (Å²) < 4.78 is 52.4. The Bertz CT molecular complexity index is 119. The van der Waals surface area contributed by atoms with E-state index < -0.39 is 30.9 Å². The van der Waals surface area contributed by atoms with E-state index in [9.17, 15) is 17.6 Å². The fourth-order valence-electron chi connectivity index (χ4n) is 1.70. The summed E-state index contributed by atoms with van der Waals surface area (Å²) in [6.45, 7) is 4.15. The molecule has 0 aromatic carbocycles. The molecule has 0 radical (unpaired) electrons. The summed E-state index contributed by atoms with van der Waals surface area (Å²) in [5.74, 6) is -6.97. The number of alkyl halides is 4. The second-order valence-electron chi connectivity index (χ2n) is 3.19. The molecule has 0 bridgehead atoms. The number of halogens is 4. The predicted octanol–water partition coefficient (Wildman–Crippen LogP) is 4.27. The maximum atomic E-state index is 13.1. The largest absolute Gasteiger partial charge is 0.211 e. The molecule has 0 N–H and O–H groups in total. The summed E-state index contributed by atoms with van der Waals surface area (Å²) in [7, 11) is -3.45.